The van der Waals surface area contributed by atoms with Gasteiger partial charge in [0.2, 0.25) is 0 Å². The minimum absolute atomic E-state index is 0.0819. The molecule has 0 aliphatic rings. The van der Waals surface area contributed by atoms with Gasteiger partial charge in [0.25, 0.3) is 0 Å². The van der Waals surface area contributed by atoms with Crippen molar-refractivity contribution in [1.82, 2.24) is 5.32 Å². The summed E-state index contributed by atoms with van der Waals surface area (Å²) in [5.41, 5.74) is 1.57. The third-order valence-corrected chi connectivity index (χ3v) is 2.53. The fourth-order valence-corrected chi connectivity index (χ4v) is 1.60. The molecule has 0 spiro atoms. The van der Waals surface area contributed by atoms with Crippen LogP contribution in [-0.4, -0.2) is 19.2 Å². The summed E-state index contributed by atoms with van der Waals surface area (Å²) in [5.74, 6) is 0.610. The van der Waals surface area contributed by atoms with Crippen LogP contribution in [-0.2, 0) is 0 Å². The Labute approximate surface area is 103 Å². The highest BCUT2D eigenvalue weighted by Crippen LogP contribution is 2.28. The van der Waals surface area contributed by atoms with Gasteiger partial charge in [-0.15, -0.1) is 0 Å². The van der Waals surface area contributed by atoms with E-state index in [9.17, 15) is 4.39 Å². The Bertz CT molecular complexity index is 371. The molecule has 1 atom stereocenters. The number of hydrogen-bond donors (Lipinski definition) is 1. The molecular weight excluding hydrogens is 217 g/mol. The van der Waals surface area contributed by atoms with Gasteiger partial charge in [0.05, 0.1) is 7.11 Å². The summed E-state index contributed by atoms with van der Waals surface area (Å²) in [6, 6.07) is 5.58. The van der Waals surface area contributed by atoms with E-state index in [1.165, 1.54) is 0 Å². The number of alkyl halides is 1. The van der Waals surface area contributed by atoms with E-state index in [2.05, 4.69) is 5.32 Å². The van der Waals surface area contributed by atoms with Crippen LogP contribution in [0.3, 0.4) is 0 Å². The largest absolute Gasteiger partial charge is 0.496 e. The second kappa shape index (κ2) is 5.50. The molecule has 96 valence electrons. The highest BCUT2D eigenvalue weighted by atomic mass is 19.1. The molecule has 0 aliphatic heterocycles. The van der Waals surface area contributed by atoms with Gasteiger partial charge in [-0.05, 0) is 39.8 Å². The minimum Gasteiger partial charge on any atom is -0.496 e. The van der Waals surface area contributed by atoms with E-state index >= 15 is 0 Å². The molecule has 0 aliphatic carbocycles. The predicted octanol–water partition coefficient (Wildman–Crippen LogP) is 3.40. The van der Waals surface area contributed by atoms with Gasteiger partial charge in [0.15, 0.2) is 0 Å². The molecule has 2 nitrogen and oxygen atoms in total. The van der Waals surface area contributed by atoms with Gasteiger partial charge in [-0.25, -0.2) is 4.39 Å². The Hall–Kier alpha value is -1.09. The zero-order valence-electron chi connectivity index (χ0n) is 11.3. The molecule has 1 unspecified atom stereocenters. The lowest BCUT2D eigenvalue weighted by molar-refractivity contribution is 0.282. The molecule has 1 rings (SSSR count). The molecule has 0 saturated heterocycles. The third kappa shape index (κ3) is 4.35. The van der Waals surface area contributed by atoms with Gasteiger partial charge < -0.3 is 10.1 Å². The second-order valence-electron chi connectivity index (χ2n) is 5.34. The quantitative estimate of drug-likeness (QED) is 0.869. The normalized spacial score (nSPS) is 13.5. The summed E-state index contributed by atoms with van der Waals surface area (Å²) >= 11 is 0. The van der Waals surface area contributed by atoms with Crippen molar-refractivity contribution in [2.24, 2.45) is 0 Å². The third-order valence-electron chi connectivity index (χ3n) is 2.53. The van der Waals surface area contributed by atoms with E-state index in [-0.39, 0.29) is 5.54 Å². The van der Waals surface area contributed by atoms with Crippen LogP contribution in [0.5, 0.6) is 5.75 Å². The van der Waals surface area contributed by atoms with E-state index in [0.29, 0.717) is 17.9 Å². The van der Waals surface area contributed by atoms with Crippen LogP contribution in [0.15, 0.2) is 18.2 Å². The van der Waals surface area contributed by atoms with Gasteiger partial charge in [-0.3, -0.25) is 0 Å². The monoisotopic (exact) mass is 239 g/mol. The standard InChI is InChI=1S/C14H22FNO/c1-10-6-7-13(17-5)11(8-10)12(15)9-16-14(2,3)4/h6-8,12,16H,9H2,1-5H3. The van der Waals surface area contributed by atoms with Crippen LogP contribution in [0, 0.1) is 6.92 Å². The second-order valence-corrected chi connectivity index (χ2v) is 5.34. The van der Waals surface area contributed by atoms with E-state index in [0.717, 1.165) is 5.56 Å². The smallest absolute Gasteiger partial charge is 0.141 e. The molecule has 3 heteroatoms. The fraction of sp³-hybridized carbons (Fsp3) is 0.571. The number of halogens is 1. The first-order chi connectivity index (χ1) is 7.83. The zero-order valence-corrected chi connectivity index (χ0v) is 11.3. The van der Waals surface area contributed by atoms with Gasteiger partial charge >= 0.3 is 0 Å². The van der Waals surface area contributed by atoms with E-state index in [1.54, 1.807) is 7.11 Å². The van der Waals surface area contributed by atoms with Gasteiger partial charge in [-0.1, -0.05) is 11.6 Å². The lowest BCUT2D eigenvalue weighted by atomic mass is 10.0. The molecule has 0 aromatic heterocycles. The van der Waals surface area contributed by atoms with E-state index in [4.69, 9.17) is 4.74 Å². The van der Waals surface area contributed by atoms with Crippen molar-refractivity contribution in [3.05, 3.63) is 29.3 Å². The highest BCUT2D eigenvalue weighted by Gasteiger charge is 2.18. The average molecular weight is 239 g/mol. The van der Waals surface area contributed by atoms with Crippen LogP contribution >= 0.6 is 0 Å². The maximum Gasteiger partial charge on any atom is 0.141 e. The average Bonchev–Trinajstić information content (AvgIpc) is 2.25. The summed E-state index contributed by atoms with van der Waals surface area (Å²) in [7, 11) is 1.57. The van der Waals surface area contributed by atoms with E-state index in [1.807, 2.05) is 45.9 Å². The van der Waals surface area contributed by atoms with Crippen molar-refractivity contribution >= 4 is 0 Å². The molecule has 0 amide bonds. The predicted molar refractivity (Wildman–Crippen MR) is 69.3 cm³/mol. The topological polar surface area (TPSA) is 21.3 Å². The maximum atomic E-state index is 14.2. The number of aryl methyl sites for hydroxylation is 1. The first-order valence-corrected chi connectivity index (χ1v) is 5.87. The van der Waals surface area contributed by atoms with Crippen LogP contribution in [0.25, 0.3) is 0 Å². The van der Waals surface area contributed by atoms with Gasteiger partial charge in [-0.2, -0.15) is 0 Å². The number of methoxy groups -OCH3 is 1. The van der Waals surface area contributed by atoms with Crippen molar-refractivity contribution in [1.29, 1.82) is 0 Å². The zero-order chi connectivity index (χ0) is 13.1. The first-order valence-electron chi connectivity index (χ1n) is 5.87. The first kappa shape index (κ1) is 14.0. The molecule has 0 bridgehead atoms. The highest BCUT2D eigenvalue weighted by molar-refractivity contribution is 5.38. The summed E-state index contributed by atoms with van der Waals surface area (Å²) in [6.45, 7) is 8.31. The molecule has 0 radical (unpaired) electrons. The van der Waals surface area contributed by atoms with Crippen molar-refractivity contribution in [3.63, 3.8) is 0 Å². The van der Waals surface area contributed by atoms with Crippen LogP contribution in [0.2, 0.25) is 0 Å². The maximum absolute atomic E-state index is 14.2. The summed E-state index contributed by atoms with van der Waals surface area (Å²) < 4.78 is 19.3. The molecule has 1 aromatic rings. The SMILES string of the molecule is COc1ccc(C)cc1C(F)CNC(C)(C)C. The number of nitrogens with one attached hydrogen (secondary N) is 1. The Morgan fingerprint density at radius 1 is 1.35 bits per heavy atom. The van der Waals surface area contributed by atoms with Gasteiger partial charge in [0, 0.05) is 17.6 Å². The molecule has 1 N–H and O–H groups in total. The summed E-state index contributed by atoms with van der Waals surface area (Å²) in [6.07, 6.45) is -1.05. The Morgan fingerprint density at radius 2 is 2.00 bits per heavy atom. The number of benzene rings is 1. The lowest BCUT2D eigenvalue weighted by Crippen LogP contribution is -2.37. The number of hydrogen-bond acceptors (Lipinski definition) is 2. The molecule has 0 saturated carbocycles. The number of rotatable bonds is 4. The van der Waals surface area contributed by atoms with Crippen LogP contribution < -0.4 is 10.1 Å². The van der Waals surface area contributed by atoms with Crippen molar-refractivity contribution in [2.45, 2.75) is 39.4 Å². The lowest BCUT2D eigenvalue weighted by Gasteiger charge is -2.23. The summed E-state index contributed by atoms with van der Waals surface area (Å²) in [4.78, 5) is 0. The van der Waals surface area contributed by atoms with Gasteiger partial charge in [0.1, 0.15) is 11.9 Å². The molecule has 1 aromatic carbocycles. The Morgan fingerprint density at radius 3 is 2.53 bits per heavy atom. The fourth-order valence-electron chi connectivity index (χ4n) is 1.60. The van der Waals surface area contributed by atoms with Crippen LogP contribution in [0.1, 0.15) is 38.1 Å². The van der Waals surface area contributed by atoms with Crippen molar-refractivity contribution in [2.75, 3.05) is 13.7 Å². The molecular formula is C14H22FNO. The molecule has 17 heavy (non-hydrogen) atoms. The summed E-state index contributed by atoms with van der Waals surface area (Å²) in [5, 5.41) is 3.16. The Balaban J connectivity index is 2.80. The minimum atomic E-state index is -1.05. The Kier molecular flexibility index (Phi) is 4.52. The van der Waals surface area contributed by atoms with Crippen molar-refractivity contribution in [3.8, 4) is 5.75 Å². The van der Waals surface area contributed by atoms with Crippen LogP contribution in [0.4, 0.5) is 4.39 Å². The number of ether oxygens (including phenoxy) is 1. The molecule has 0 fully saturated rings. The van der Waals surface area contributed by atoms with Crippen molar-refractivity contribution < 1.29 is 9.13 Å². The molecule has 0 heterocycles. The van der Waals surface area contributed by atoms with E-state index < -0.39 is 6.17 Å².